The molecule has 0 nitrogen and oxygen atoms in total. The standard InChI is InChI=1S/4C13H9.2C13H10.2ClH.2Zr/c4*1-3-7-12-10(5-1)9-11-6-2-4-8-13(11)12;2*1-3-7-12(8-4-1)11-13-9-5-2-6-10-13;;;;/h4*1-9H;2*1-10H;2*1H;;/q4*-1;;;;;2*+2/p-2. The summed E-state index contributed by atoms with van der Waals surface area (Å²) >= 11 is 2.92. The molecule has 0 unspecified atom stereocenters. The Bertz CT molecular complexity index is 3830. The minimum absolute atomic E-state index is 0. The molecule has 0 radical (unpaired) electrons. The van der Waals surface area contributed by atoms with E-state index in [0.29, 0.717) is 0 Å². The molecular formula is C78H56Cl2Zr2-2. The molecule has 82 heavy (non-hydrogen) atoms. The van der Waals surface area contributed by atoms with E-state index in [4.69, 9.17) is 0 Å². The van der Waals surface area contributed by atoms with Crippen LogP contribution in [0.25, 0.3) is 86.2 Å². The van der Waals surface area contributed by atoms with Gasteiger partial charge in [-0.3, -0.25) is 0 Å². The van der Waals surface area contributed by atoms with Crippen LogP contribution in [0.4, 0.5) is 0 Å². The molecule has 16 rings (SSSR count). The molecule has 0 amide bonds. The van der Waals surface area contributed by atoms with E-state index in [1.807, 2.05) is 0 Å². The fourth-order valence-electron chi connectivity index (χ4n) is 10.4. The van der Waals surface area contributed by atoms with Crippen molar-refractivity contribution >= 4 is 92.6 Å². The smallest absolute Gasteiger partial charge is 0.0771 e. The van der Waals surface area contributed by atoms with Crippen LogP contribution in [0.3, 0.4) is 0 Å². The predicted octanol–water partition coefficient (Wildman–Crippen LogP) is 14.5. The Balaban J connectivity index is 0.000000118. The third kappa shape index (κ3) is 14.3. The second-order valence-electron chi connectivity index (χ2n) is 19.5. The minimum atomic E-state index is 0. The number of halogens is 2. The van der Waals surface area contributed by atoms with Gasteiger partial charge in [0.25, 0.3) is 0 Å². The predicted molar refractivity (Wildman–Crippen MR) is 340 cm³/mol. The monoisotopic (exact) mass is 1240 g/mol. The number of rotatable bonds is 4. The molecule has 0 bridgehead atoms. The van der Waals surface area contributed by atoms with Crippen LogP contribution in [0.2, 0.25) is 0 Å². The van der Waals surface area contributed by atoms with Gasteiger partial charge >= 0.3 is 198 Å². The van der Waals surface area contributed by atoms with E-state index in [1.54, 1.807) is 0 Å². The van der Waals surface area contributed by atoms with E-state index >= 15 is 0 Å². The first-order valence-electron chi connectivity index (χ1n) is 27.1. The molecule has 16 aromatic carbocycles. The minimum Gasteiger partial charge on any atom is -0.126 e. The van der Waals surface area contributed by atoms with Crippen molar-refractivity contribution in [3.05, 3.63) is 362 Å². The van der Waals surface area contributed by atoms with E-state index in [9.17, 15) is 0 Å². The maximum atomic E-state index is 2.24. The Hall–Kier alpha value is -7.79. The van der Waals surface area contributed by atoms with Gasteiger partial charge in [0.05, 0.1) is 0 Å². The number of hydrogen-bond donors (Lipinski definition) is 0. The van der Waals surface area contributed by atoms with Crippen LogP contribution >= 0.6 is 0 Å². The molecule has 0 aliphatic heterocycles. The van der Waals surface area contributed by atoms with Gasteiger partial charge in [0.15, 0.2) is 0 Å². The van der Waals surface area contributed by atoms with Crippen molar-refractivity contribution in [2.24, 2.45) is 0 Å². The van der Waals surface area contributed by atoms with Gasteiger partial charge in [-0.2, -0.15) is 0 Å². The van der Waals surface area contributed by atoms with Gasteiger partial charge in [-0.1, -0.05) is 146 Å². The average Bonchev–Trinajstić information content (AvgIpc) is 4.41. The van der Waals surface area contributed by atoms with Crippen molar-refractivity contribution in [2.45, 2.75) is 0 Å². The zero-order chi connectivity index (χ0) is 54.3. The molecule has 0 atom stereocenters. The zero-order valence-corrected chi connectivity index (χ0v) is 51.5. The molecular weight excluding hydrogens is 1190 g/mol. The van der Waals surface area contributed by atoms with Gasteiger partial charge in [-0.25, -0.2) is 0 Å². The topological polar surface area (TPSA) is 0 Å². The summed E-state index contributed by atoms with van der Waals surface area (Å²) in [6, 6.07) is 119. The van der Waals surface area contributed by atoms with Crippen molar-refractivity contribution in [1.82, 2.24) is 0 Å². The molecule has 0 N–H and O–H groups in total. The summed E-state index contributed by atoms with van der Waals surface area (Å²) < 4.78 is 2.83. The molecule has 4 heteroatoms. The molecule has 0 saturated heterocycles. The molecule has 0 saturated carbocycles. The maximum Gasteiger partial charge on any atom is -0.0771 e. The summed E-state index contributed by atoms with van der Waals surface area (Å²) in [5, 5.41) is 21.6. The molecule has 0 aliphatic carbocycles. The van der Waals surface area contributed by atoms with Crippen molar-refractivity contribution in [2.75, 3.05) is 0 Å². The van der Waals surface area contributed by atoms with E-state index < -0.39 is 0 Å². The summed E-state index contributed by atoms with van der Waals surface area (Å²) in [5.41, 5.74) is 5.32. The molecule has 0 spiro atoms. The summed E-state index contributed by atoms with van der Waals surface area (Å²) in [6.07, 6.45) is 0. The fraction of sp³-hybridized carbons (Fsp3) is 0. The Morgan fingerprint density at radius 1 is 0.171 bits per heavy atom. The van der Waals surface area contributed by atoms with E-state index in [2.05, 4.69) is 340 Å². The second kappa shape index (κ2) is 29.3. The number of benzene rings is 12. The first-order chi connectivity index (χ1) is 39.6. The van der Waals surface area contributed by atoms with E-state index in [0.717, 1.165) is 0 Å². The normalized spacial score (nSPS) is 10.4. The van der Waals surface area contributed by atoms with E-state index in [-0.39, 0.29) is 24.8 Å². The van der Waals surface area contributed by atoms with Gasteiger partial charge in [-0.05, 0) is 0 Å². The molecule has 0 fully saturated rings. The van der Waals surface area contributed by atoms with Crippen molar-refractivity contribution in [3.8, 4) is 0 Å². The van der Waals surface area contributed by atoms with Crippen molar-refractivity contribution in [3.63, 3.8) is 0 Å². The Labute approximate surface area is 522 Å². The van der Waals surface area contributed by atoms with Crippen LogP contribution in [-0.2, 0) is 48.5 Å². The van der Waals surface area contributed by atoms with Crippen LogP contribution < -0.4 is 24.8 Å². The third-order valence-electron chi connectivity index (χ3n) is 14.3. The first-order valence-corrected chi connectivity index (χ1v) is 29.5. The van der Waals surface area contributed by atoms with E-state index in [1.165, 1.54) is 163 Å². The summed E-state index contributed by atoms with van der Waals surface area (Å²) in [6.45, 7) is 0. The Morgan fingerprint density at radius 3 is 0.439 bits per heavy atom. The molecule has 16 aromatic rings. The van der Waals surface area contributed by atoms with Crippen LogP contribution in [0, 0.1) is 0 Å². The fourth-order valence-corrected chi connectivity index (χ4v) is 12.0. The second-order valence-corrected chi connectivity index (χ2v) is 21.9. The van der Waals surface area contributed by atoms with Gasteiger partial charge < -0.3 is 24.8 Å². The Morgan fingerprint density at radius 2 is 0.293 bits per heavy atom. The SMILES string of the molecule is [Cl-].[Cl-].[Zr+2]=[C](c1ccccc1)c1ccccc1.[Zr+2]=[C](c1ccccc1)c1ccccc1.c1ccc2c(c1)[cH-]c1ccccc12.c1ccc2c(c1)[cH-]c1ccccc12.c1ccc2c(c1)[cH-]c1ccccc12.c1ccc2c(c1)[cH-]c1ccccc12. The summed E-state index contributed by atoms with van der Waals surface area (Å²) in [4.78, 5) is 0. The average molecular weight is 1250 g/mol. The van der Waals surface area contributed by atoms with Crippen LogP contribution in [0.1, 0.15) is 22.3 Å². The summed E-state index contributed by atoms with van der Waals surface area (Å²) in [5.74, 6) is 0. The first kappa shape index (κ1) is 58.8. The van der Waals surface area contributed by atoms with Crippen LogP contribution in [0.15, 0.2) is 340 Å². The zero-order valence-electron chi connectivity index (χ0n) is 45.1. The van der Waals surface area contributed by atoms with Gasteiger partial charge in [0.1, 0.15) is 0 Å². The van der Waals surface area contributed by atoms with Gasteiger partial charge in [0.2, 0.25) is 0 Å². The number of hydrogen-bond acceptors (Lipinski definition) is 0. The molecule has 0 aliphatic rings. The molecule has 0 heterocycles. The Kier molecular flexibility index (Phi) is 21.0. The van der Waals surface area contributed by atoms with Gasteiger partial charge in [-0.15, -0.1) is 159 Å². The largest absolute Gasteiger partial charge is 0.126 e. The third-order valence-corrected chi connectivity index (χ3v) is 17.2. The quantitative estimate of drug-likeness (QED) is 0.154. The van der Waals surface area contributed by atoms with Crippen molar-refractivity contribution < 1.29 is 73.3 Å². The van der Waals surface area contributed by atoms with Gasteiger partial charge in [0, 0.05) is 0 Å². The molecule has 0 aromatic heterocycles. The summed E-state index contributed by atoms with van der Waals surface area (Å²) in [7, 11) is 0. The van der Waals surface area contributed by atoms with Crippen molar-refractivity contribution in [1.29, 1.82) is 0 Å². The van der Waals surface area contributed by atoms with Crippen LogP contribution in [-0.4, -0.2) is 6.41 Å². The van der Waals surface area contributed by atoms with Crippen LogP contribution in [0.5, 0.6) is 0 Å². The maximum absolute atomic E-state index is 2.24. The molecule has 392 valence electrons. The number of fused-ring (bicyclic) bond motifs is 12.